The van der Waals surface area contributed by atoms with E-state index in [0.717, 1.165) is 25.9 Å². The van der Waals surface area contributed by atoms with E-state index in [9.17, 15) is 22.8 Å². The van der Waals surface area contributed by atoms with Crippen LogP contribution in [-0.2, 0) is 25.4 Å². The second kappa shape index (κ2) is 16.1. The Labute approximate surface area is 244 Å². The topological polar surface area (TPSA) is 211 Å². The molecule has 1 fully saturated rings. The maximum atomic E-state index is 13.1. The van der Waals surface area contributed by atoms with Gasteiger partial charge in [-0.05, 0) is 56.7 Å². The molecule has 8 N–H and O–H groups in total. The maximum Gasteiger partial charge on any atom is 0.239 e. The summed E-state index contributed by atoms with van der Waals surface area (Å²) in [5, 5.41) is 10.5. The Bertz CT molecular complexity index is 1260. The third-order valence-electron chi connectivity index (χ3n) is 6.53. The number of carbonyl (C=O) groups excluding carboxylic acids is 3. The molecule has 224 valence electrons. The van der Waals surface area contributed by atoms with Gasteiger partial charge in [0, 0.05) is 18.1 Å². The SMILES string of the molecule is NC(N)=NCCC[C@@H](NS(=O)(=O)Cc1ccccc1)C(=O)NCC(=O)N[C@@H](CC1CCNCC1)C(=O)c1nccs1. The first-order valence-corrected chi connectivity index (χ1v) is 16.0. The average Bonchev–Trinajstić information content (AvgIpc) is 3.48. The van der Waals surface area contributed by atoms with Gasteiger partial charge in [0.05, 0.1) is 18.3 Å². The van der Waals surface area contributed by atoms with E-state index in [1.54, 1.807) is 35.7 Å². The second-order valence-electron chi connectivity index (χ2n) is 9.83. The molecule has 1 aliphatic heterocycles. The molecule has 1 aliphatic rings. The van der Waals surface area contributed by atoms with Crippen molar-refractivity contribution >= 4 is 44.9 Å². The summed E-state index contributed by atoms with van der Waals surface area (Å²) < 4.78 is 28.1. The van der Waals surface area contributed by atoms with Gasteiger partial charge in [0.2, 0.25) is 27.6 Å². The number of hydrogen-bond acceptors (Lipinski definition) is 9. The summed E-state index contributed by atoms with van der Waals surface area (Å²) in [6.45, 7) is 1.46. The zero-order chi connectivity index (χ0) is 29.7. The molecule has 2 amide bonds. The number of ketones is 1. The molecule has 1 aromatic heterocycles. The Hall–Kier alpha value is -3.40. The summed E-state index contributed by atoms with van der Waals surface area (Å²) in [6.07, 6.45) is 4.19. The van der Waals surface area contributed by atoms with Crippen LogP contribution in [0.1, 0.15) is 47.5 Å². The van der Waals surface area contributed by atoms with Gasteiger partial charge in [0.15, 0.2) is 11.0 Å². The Morgan fingerprint density at radius 1 is 1.12 bits per heavy atom. The number of piperidine rings is 1. The Morgan fingerprint density at radius 3 is 2.51 bits per heavy atom. The van der Waals surface area contributed by atoms with Gasteiger partial charge in [-0.3, -0.25) is 19.4 Å². The summed E-state index contributed by atoms with van der Waals surface area (Å²) in [5.74, 6) is -1.68. The van der Waals surface area contributed by atoms with Gasteiger partial charge in [-0.1, -0.05) is 30.3 Å². The maximum absolute atomic E-state index is 13.1. The molecule has 2 atom stereocenters. The van der Waals surface area contributed by atoms with Crippen LogP contribution in [0.15, 0.2) is 46.9 Å². The minimum absolute atomic E-state index is 0.0964. The van der Waals surface area contributed by atoms with Crippen LogP contribution in [0.5, 0.6) is 0 Å². The number of nitrogens with one attached hydrogen (secondary N) is 4. The first kappa shape index (κ1) is 32.1. The van der Waals surface area contributed by atoms with E-state index in [-0.39, 0.29) is 36.4 Å². The van der Waals surface area contributed by atoms with Crippen molar-refractivity contribution in [3.05, 3.63) is 52.5 Å². The number of carbonyl (C=O) groups is 3. The molecule has 0 saturated carbocycles. The van der Waals surface area contributed by atoms with E-state index in [1.165, 1.54) is 17.5 Å². The first-order chi connectivity index (χ1) is 19.6. The molecule has 41 heavy (non-hydrogen) atoms. The predicted molar refractivity (Wildman–Crippen MR) is 157 cm³/mol. The van der Waals surface area contributed by atoms with Crippen LogP contribution in [0, 0.1) is 5.92 Å². The number of aromatic nitrogens is 1. The lowest BCUT2D eigenvalue weighted by atomic mass is 9.89. The third kappa shape index (κ3) is 11.5. The number of nitrogens with two attached hydrogens (primary N) is 2. The van der Waals surface area contributed by atoms with E-state index < -0.39 is 40.5 Å². The van der Waals surface area contributed by atoms with Crippen molar-refractivity contribution in [3.63, 3.8) is 0 Å². The van der Waals surface area contributed by atoms with E-state index in [2.05, 4.69) is 30.6 Å². The van der Waals surface area contributed by atoms with Crippen LogP contribution in [0.2, 0.25) is 0 Å². The van der Waals surface area contributed by atoms with Crippen molar-refractivity contribution in [1.82, 2.24) is 25.7 Å². The molecule has 3 rings (SSSR count). The smallest absolute Gasteiger partial charge is 0.239 e. The highest BCUT2D eigenvalue weighted by molar-refractivity contribution is 7.88. The molecule has 0 radical (unpaired) electrons. The third-order valence-corrected chi connectivity index (χ3v) is 8.67. The number of amides is 2. The van der Waals surface area contributed by atoms with Gasteiger partial charge in [-0.2, -0.15) is 0 Å². The number of nitrogens with zero attached hydrogens (tertiary/aromatic N) is 2. The summed E-state index contributed by atoms with van der Waals surface area (Å²) in [7, 11) is -3.89. The molecule has 1 aromatic carbocycles. The molecule has 0 unspecified atom stereocenters. The highest BCUT2D eigenvalue weighted by Crippen LogP contribution is 2.20. The highest BCUT2D eigenvalue weighted by atomic mass is 32.2. The van der Waals surface area contributed by atoms with Crippen LogP contribution in [0.25, 0.3) is 0 Å². The molecule has 2 aromatic rings. The van der Waals surface area contributed by atoms with Gasteiger partial charge < -0.3 is 27.4 Å². The van der Waals surface area contributed by atoms with Gasteiger partial charge in [0.1, 0.15) is 6.04 Å². The summed E-state index contributed by atoms with van der Waals surface area (Å²) >= 11 is 1.20. The predicted octanol–water partition coefficient (Wildman–Crippen LogP) is -0.142. The van der Waals surface area contributed by atoms with Gasteiger partial charge in [0.25, 0.3) is 0 Å². The molecule has 15 heteroatoms. The fraction of sp³-hybridized carbons (Fsp3) is 0.500. The number of thiazole rings is 1. The van der Waals surface area contributed by atoms with E-state index >= 15 is 0 Å². The minimum Gasteiger partial charge on any atom is -0.370 e. The number of hydrogen-bond donors (Lipinski definition) is 6. The van der Waals surface area contributed by atoms with Crippen LogP contribution < -0.4 is 32.1 Å². The zero-order valence-corrected chi connectivity index (χ0v) is 24.4. The second-order valence-corrected chi connectivity index (χ2v) is 12.5. The molecule has 13 nitrogen and oxygen atoms in total. The molecule has 1 saturated heterocycles. The van der Waals surface area contributed by atoms with Crippen molar-refractivity contribution in [3.8, 4) is 0 Å². The van der Waals surface area contributed by atoms with Gasteiger partial charge in [-0.25, -0.2) is 18.1 Å². The van der Waals surface area contributed by atoms with Crippen molar-refractivity contribution in [1.29, 1.82) is 0 Å². The highest BCUT2D eigenvalue weighted by Gasteiger charge is 2.29. The van der Waals surface area contributed by atoms with E-state index in [1.807, 2.05) is 0 Å². The van der Waals surface area contributed by atoms with E-state index in [0.29, 0.717) is 23.4 Å². The lowest BCUT2D eigenvalue weighted by Gasteiger charge is -2.26. The lowest BCUT2D eigenvalue weighted by Crippen LogP contribution is -2.51. The Morgan fingerprint density at radius 2 is 1.85 bits per heavy atom. The number of guanidine groups is 1. The summed E-state index contributed by atoms with van der Waals surface area (Å²) in [5.41, 5.74) is 11.3. The Kier molecular flexibility index (Phi) is 12.6. The molecule has 0 bridgehead atoms. The van der Waals surface area contributed by atoms with E-state index in [4.69, 9.17) is 11.5 Å². The van der Waals surface area contributed by atoms with Crippen LogP contribution in [0.3, 0.4) is 0 Å². The van der Waals surface area contributed by atoms with Crippen molar-refractivity contribution in [2.45, 2.75) is 49.9 Å². The molecular weight excluding hydrogens is 568 g/mol. The van der Waals surface area contributed by atoms with Crippen LogP contribution in [0.4, 0.5) is 0 Å². The Balaban J connectivity index is 1.62. The summed E-state index contributed by atoms with van der Waals surface area (Å²) in [6, 6.07) is 6.62. The molecular formula is C26H38N8O5S2. The molecule has 0 spiro atoms. The minimum atomic E-state index is -3.89. The van der Waals surface area contributed by atoms with Gasteiger partial charge in [-0.15, -0.1) is 11.3 Å². The number of sulfonamides is 1. The number of aliphatic imine (C=N–C) groups is 1. The normalized spacial score (nSPS) is 15.4. The van der Waals surface area contributed by atoms with Crippen molar-refractivity contribution < 1.29 is 22.8 Å². The van der Waals surface area contributed by atoms with Crippen LogP contribution >= 0.6 is 11.3 Å². The monoisotopic (exact) mass is 606 g/mol. The first-order valence-electron chi connectivity index (χ1n) is 13.4. The summed E-state index contributed by atoms with van der Waals surface area (Å²) in [4.78, 5) is 47.0. The number of Topliss-reactive ketones (excluding diaryl/α,β-unsaturated/α-hetero) is 1. The van der Waals surface area contributed by atoms with Crippen LogP contribution in [-0.4, -0.2) is 75.2 Å². The zero-order valence-electron chi connectivity index (χ0n) is 22.8. The lowest BCUT2D eigenvalue weighted by molar-refractivity contribution is -0.127. The fourth-order valence-electron chi connectivity index (χ4n) is 4.51. The molecule has 2 heterocycles. The standard InChI is InChI=1S/C26H38N8O5S2/c27-26(28)31-10-4-7-20(34-41(38,39)17-19-5-2-1-3-6-19)24(37)32-16-22(35)33-21(15-18-8-11-29-12-9-18)23(36)25-30-13-14-40-25/h1-3,5-6,13-14,18,20-21,29,34H,4,7-12,15-17H2,(H,32,37)(H,33,35)(H4,27,28,31)/t20-,21+/m1/s1. The van der Waals surface area contributed by atoms with Crippen molar-refractivity contribution in [2.24, 2.45) is 22.4 Å². The van der Waals surface area contributed by atoms with Crippen molar-refractivity contribution in [2.75, 3.05) is 26.2 Å². The molecule has 0 aliphatic carbocycles. The fourth-order valence-corrected chi connectivity index (χ4v) is 6.52. The largest absolute Gasteiger partial charge is 0.370 e. The average molecular weight is 607 g/mol. The quantitative estimate of drug-likeness (QED) is 0.0649. The number of benzene rings is 1. The number of rotatable bonds is 16. The van der Waals surface area contributed by atoms with Gasteiger partial charge >= 0.3 is 0 Å².